The van der Waals surface area contributed by atoms with Gasteiger partial charge in [-0.1, -0.05) is 11.6 Å². The Balaban J connectivity index is 3.20. The molecule has 1 aromatic carbocycles. The van der Waals surface area contributed by atoms with Gasteiger partial charge in [0, 0.05) is 31.8 Å². The molecule has 1 atom stereocenters. The number of ether oxygens (including phenoxy) is 2. The average Bonchev–Trinajstić information content (AvgIpc) is 2.36. The van der Waals surface area contributed by atoms with Gasteiger partial charge in [0.05, 0.1) is 24.9 Å². The van der Waals surface area contributed by atoms with Gasteiger partial charge in [-0.25, -0.2) is 0 Å². The number of hydrogen-bond acceptors (Lipinski definition) is 4. The Morgan fingerprint density at radius 1 is 1.29 bits per heavy atom. The Morgan fingerprint density at radius 3 is 2.35 bits per heavy atom. The first-order valence-electron chi connectivity index (χ1n) is 5.39. The quantitative estimate of drug-likeness (QED) is 0.879. The van der Waals surface area contributed by atoms with Gasteiger partial charge in [0.2, 0.25) is 0 Å². The van der Waals surface area contributed by atoms with Gasteiger partial charge in [0.1, 0.15) is 11.5 Å². The van der Waals surface area contributed by atoms with E-state index in [-0.39, 0.29) is 6.04 Å². The fraction of sp³-hybridized carbons (Fsp3) is 0.500. The minimum Gasteiger partial charge on any atom is -0.495 e. The van der Waals surface area contributed by atoms with Crippen molar-refractivity contribution < 1.29 is 9.47 Å². The molecule has 0 fully saturated rings. The van der Waals surface area contributed by atoms with Gasteiger partial charge in [-0.05, 0) is 6.92 Å². The smallest absolute Gasteiger partial charge is 0.143 e. The van der Waals surface area contributed by atoms with Crippen molar-refractivity contribution in [3.05, 3.63) is 17.2 Å². The second-order valence-electron chi connectivity index (χ2n) is 3.85. The summed E-state index contributed by atoms with van der Waals surface area (Å²) in [6, 6.07) is 3.80. The molecule has 1 unspecified atom stereocenters. The third kappa shape index (κ3) is 2.96. The number of methoxy groups -OCH3 is 2. The molecule has 0 saturated carbocycles. The lowest BCUT2D eigenvalue weighted by Gasteiger charge is -2.28. The largest absolute Gasteiger partial charge is 0.495 e. The van der Waals surface area contributed by atoms with E-state index in [1.807, 2.05) is 24.9 Å². The van der Waals surface area contributed by atoms with Crippen LogP contribution < -0.4 is 20.1 Å². The molecular formula is C12H19ClN2O2. The summed E-state index contributed by atoms with van der Waals surface area (Å²) in [5.74, 6) is 1.33. The molecule has 2 N–H and O–H groups in total. The molecule has 1 aromatic rings. The molecule has 0 aliphatic heterocycles. The standard InChI is InChI=1S/C12H19ClN2O2/c1-8(7-14)15(2)10-6-11(16-3)9(13)5-12(10)17-4/h5-6,8H,7,14H2,1-4H3. The molecule has 0 bridgehead atoms. The monoisotopic (exact) mass is 258 g/mol. The van der Waals surface area contributed by atoms with Crippen LogP contribution in [0.15, 0.2) is 12.1 Å². The van der Waals surface area contributed by atoms with E-state index in [2.05, 4.69) is 0 Å². The Bertz CT molecular complexity index is 385. The molecular weight excluding hydrogens is 240 g/mol. The van der Waals surface area contributed by atoms with E-state index in [1.54, 1.807) is 20.3 Å². The van der Waals surface area contributed by atoms with Crippen LogP contribution in [0.5, 0.6) is 11.5 Å². The van der Waals surface area contributed by atoms with Crippen molar-refractivity contribution in [1.82, 2.24) is 0 Å². The second-order valence-corrected chi connectivity index (χ2v) is 4.26. The molecule has 1 rings (SSSR count). The van der Waals surface area contributed by atoms with E-state index in [0.717, 1.165) is 5.69 Å². The predicted octanol–water partition coefficient (Wildman–Crippen LogP) is 2.14. The molecule has 4 nitrogen and oxygen atoms in total. The fourth-order valence-electron chi connectivity index (χ4n) is 1.52. The molecule has 17 heavy (non-hydrogen) atoms. The third-order valence-corrected chi connectivity index (χ3v) is 3.13. The van der Waals surface area contributed by atoms with Crippen LogP contribution in [-0.2, 0) is 0 Å². The summed E-state index contributed by atoms with van der Waals surface area (Å²) in [6.45, 7) is 2.60. The van der Waals surface area contributed by atoms with Crippen molar-refractivity contribution in [2.45, 2.75) is 13.0 Å². The minimum absolute atomic E-state index is 0.204. The molecule has 0 saturated heterocycles. The van der Waals surface area contributed by atoms with Gasteiger partial charge in [0.15, 0.2) is 0 Å². The lowest BCUT2D eigenvalue weighted by molar-refractivity contribution is 0.402. The maximum Gasteiger partial charge on any atom is 0.143 e. The van der Waals surface area contributed by atoms with Gasteiger partial charge >= 0.3 is 0 Å². The topological polar surface area (TPSA) is 47.7 Å². The van der Waals surface area contributed by atoms with E-state index in [9.17, 15) is 0 Å². The summed E-state index contributed by atoms with van der Waals surface area (Å²) < 4.78 is 10.5. The number of benzene rings is 1. The zero-order chi connectivity index (χ0) is 13.0. The lowest BCUT2D eigenvalue weighted by Crippen LogP contribution is -2.35. The predicted molar refractivity (Wildman–Crippen MR) is 71.5 cm³/mol. The van der Waals surface area contributed by atoms with E-state index in [0.29, 0.717) is 23.1 Å². The van der Waals surface area contributed by atoms with E-state index >= 15 is 0 Å². The molecule has 5 heteroatoms. The highest BCUT2D eigenvalue weighted by molar-refractivity contribution is 6.32. The van der Waals surface area contributed by atoms with Crippen LogP contribution in [0.1, 0.15) is 6.92 Å². The number of likely N-dealkylation sites (N-methyl/N-ethyl adjacent to an activating group) is 1. The Morgan fingerprint density at radius 2 is 1.88 bits per heavy atom. The van der Waals surface area contributed by atoms with Crippen LogP contribution in [0.3, 0.4) is 0 Å². The molecule has 0 amide bonds. The van der Waals surface area contributed by atoms with E-state index < -0.39 is 0 Å². The second kappa shape index (κ2) is 5.98. The Labute approximate surface area is 107 Å². The average molecular weight is 259 g/mol. The first kappa shape index (κ1) is 13.9. The SMILES string of the molecule is COc1cc(N(C)C(C)CN)c(OC)cc1Cl. The van der Waals surface area contributed by atoms with Gasteiger partial charge in [-0.3, -0.25) is 0 Å². The number of hydrogen-bond donors (Lipinski definition) is 1. The summed E-state index contributed by atoms with van der Waals surface area (Å²) in [7, 11) is 5.16. The molecule has 0 spiro atoms. The van der Waals surface area contributed by atoms with Gasteiger partial charge in [-0.15, -0.1) is 0 Å². The van der Waals surface area contributed by atoms with Gasteiger partial charge in [0.25, 0.3) is 0 Å². The Kier molecular flexibility index (Phi) is 4.90. The van der Waals surface area contributed by atoms with Gasteiger partial charge < -0.3 is 20.1 Å². The molecule has 0 radical (unpaired) electrons. The molecule has 96 valence electrons. The maximum absolute atomic E-state index is 6.05. The highest BCUT2D eigenvalue weighted by atomic mass is 35.5. The number of nitrogens with two attached hydrogens (primary N) is 1. The maximum atomic E-state index is 6.05. The van der Waals surface area contributed by atoms with Crippen LogP contribution in [0.25, 0.3) is 0 Å². The molecule has 0 aromatic heterocycles. The number of halogens is 1. The number of rotatable bonds is 5. The summed E-state index contributed by atoms with van der Waals surface area (Å²) in [5, 5.41) is 0.530. The zero-order valence-electron chi connectivity index (χ0n) is 10.7. The van der Waals surface area contributed by atoms with Crippen LogP contribution in [0.4, 0.5) is 5.69 Å². The van der Waals surface area contributed by atoms with Crippen LogP contribution >= 0.6 is 11.6 Å². The zero-order valence-corrected chi connectivity index (χ0v) is 11.4. The first-order valence-corrected chi connectivity index (χ1v) is 5.77. The molecule has 0 aliphatic rings. The number of anilines is 1. The first-order chi connectivity index (χ1) is 8.04. The minimum atomic E-state index is 0.204. The van der Waals surface area contributed by atoms with Crippen molar-refractivity contribution >= 4 is 17.3 Å². The van der Waals surface area contributed by atoms with Crippen LogP contribution in [0.2, 0.25) is 5.02 Å². The van der Waals surface area contributed by atoms with Crippen molar-refractivity contribution in [2.24, 2.45) is 5.73 Å². The molecule has 0 aliphatic carbocycles. The van der Waals surface area contributed by atoms with Crippen LogP contribution in [-0.4, -0.2) is 33.9 Å². The fourth-order valence-corrected chi connectivity index (χ4v) is 1.75. The highest BCUT2D eigenvalue weighted by Gasteiger charge is 2.16. The summed E-state index contributed by atoms with van der Waals surface area (Å²) >= 11 is 6.05. The van der Waals surface area contributed by atoms with E-state index in [1.165, 1.54) is 0 Å². The molecule has 0 heterocycles. The van der Waals surface area contributed by atoms with E-state index in [4.69, 9.17) is 26.8 Å². The summed E-state index contributed by atoms with van der Waals surface area (Å²) in [5.41, 5.74) is 6.57. The summed E-state index contributed by atoms with van der Waals surface area (Å²) in [6.07, 6.45) is 0. The normalized spacial score (nSPS) is 12.1. The lowest BCUT2D eigenvalue weighted by atomic mass is 10.2. The van der Waals surface area contributed by atoms with Crippen molar-refractivity contribution in [3.8, 4) is 11.5 Å². The summed E-state index contributed by atoms with van der Waals surface area (Å²) in [4.78, 5) is 2.04. The van der Waals surface area contributed by atoms with Crippen molar-refractivity contribution in [3.63, 3.8) is 0 Å². The number of nitrogens with zero attached hydrogens (tertiary/aromatic N) is 1. The van der Waals surface area contributed by atoms with Crippen molar-refractivity contribution in [2.75, 3.05) is 32.7 Å². The highest BCUT2D eigenvalue weighted by Crippen LogP contribution is 2.38. The van der Waals surface area contributed by atoms with Crippen molar-refractivity contribution in [1.29, 1.82) is 0 Å². The van der Waals surface area contributed by atoms with Crippen LogP contribution in [0, 0.1) is 0 Å². The Hall–Kier alpha value is -1.13. The van der Waals surface area contributed by atoms with Gasteiger partial charge in [-0.2, -0.15) is 0 Å². The third-order valence-electron chi connectivity index (χ3n) is 2.84.